The van der Waals surface area contributed by atoms with Crippen LogP contribution >= 0.6 is 0 Å². The number of benzene rings is 1. The quantitative estimate of drug-likeness (QED) is 0.452. The van der Waals surface area contributed by atoms with Crippen LogP contribution in [-0.4, -0.2) is 39.5 Å². The van der Waals surface area contributed by atoms with E-state index in [0.29, 0.717) is 29.6 Å². The summed E-state index contributed by atoms with van der Waals surface area (Å²) >= 11 is 0. The molecule has 0 aromatic heterocycles. The van der Waals surface area contributed by atoms with Gasteiger partial charge in [0, 0.05) is 12.6 Å². The molecule has 1 aromatic carbocycles. The topological polar surface area (TPSA) is 87.7 Å². The molecule has 0 amide bonds. The zero-order valence-corrected chi connectivity index (χ0v) is 17.2. The summed E-state index contributed by atoms with van der Waals surface area (Å²) in [5, 5.41) is 13.9. The van der Waals surface area contributed by atoms with Crippen molar-refractivity contribution in [3.8, 4) is 5.75 Å². The van der Waals surface area contributed by atoms with Crippen LogP contribution in [0.4, 0.5) is 5.69 Å². The molecular weight excluding hydrogens is 352 g/mol. The molecule has 2 atom stereocenters. The summed E-state index contributed by atoms with van der Waals surface area (Å²) in [5.41, 5.74) is 1.05. The Kier molecular flexibility index (Phi) is 9.98. The summed E-state index contributed by atoms with van der Waals surface area (Å²) in [6, 6.07) is 5.39. The molecule has 0 spiro atoms. The van der Waals surface area contributed by atoms with Crippen molar-refractivity contribution in [2.24, 2.45) is 0 Å². The second-order valence-corrected chi connectivity index (χ2v) is 8.46. The highest BCUT2D eigenvalue weighted by molar-refractivity contribution is 7.92. The van der Waals surface area contributed by atoms with Gasteiger partial charge in [-0.15, -0.1) is 0 Å². The second-order valence-electron chi connectivity index (χ2n) is 6.71. The minimum atomic E-state index is -3.39. The normalized spacial score (nSPS) is 14.0. The number of hydrogen-bond donors (Lipinski definition) is 3. The first-order valence-electron chi connectivity index (χ1n) is 9.37. The Morgan fingerprint density at radius 1 is 1.19 bits per heavy atom. The molecule has 0 bridgehead atoms. The van der Waals surface area contributed by atoms with Gasteiger partial charge in [0.25, 0.3) is 0 Å². The first-order valence-corrected chi connectivity index (χ1v) is 11.3. The fourth-order valence-electron chi connectivity index (χ4n) is 2.86. The Balaban J connectivity index is 2.64. The van der Waals surface area contributed by atoms with Crippen molar-refractivity contribution < 1.29 is 18.3 Å². The molecule has 0 aliphatic heterocycles. The van der Waals surface area contributed by atoms with Gasteiger partial charge in [-0.1, -0.05) is 45.6 Å². The third-order valence-corrected chi connectivity index (χ3v) is 5.00. The maximum Gasteiger partial charge on any atom is 0.229 e. The van der Waals surface area contributed by atoms with Gasteiger partial charge in [-0.2, -0.15) is 0 Å². The van der Waals surface area contributed by atoms with Crippen molar-refractivity contribution >= 4 is 15.7 Å². The Labute approximate surface area is 158 Å². The molecule has 0 aliphatic carbocycles. The zero-order chi connectivity index (χ0) is 19.6. The van der Waals surface area contributed by atoms with Gasteiger partial charge in [0.1, 0.15) is 5.75 Å². The highest BCUT2D eigenvalue weighted by Crippen LogP contribution is 2.28. The van der Waals surface area contributed by atoms with E-state index in [1.165, 1.54) is 32.8 Å². The molecule has 1 rings (SSSR count). The summed E-state index contributed by atoms with van der Waals surface area (Å²) in [6.45, 7) is 4.81. The first kappa shape index (κ1) is 22.7. The molecule has 7 heteroatoms. The number of rotatable bonds is 13. The van der Waals surface area contributed by atoms with Gasteiger partial charge in [0.2, 0.25) is 10.0 Å². The van der Waals surface area contributed by atoms with Crippen molar-refractivity contribution in [1.29, 1.82) is 0 Å². The van der Waals surface area contributed by atoms with Gasteiger partial charge in [-0.3, -0.25) is 4.72 Å². The molecule has 1 aromatic rings. The first-order chi connectivity index (χ1) is 12.3. The number of methoxy groups -OCH3 is 1. The van der Waals surface area contributed by atoms with E-state index in [9.17, 15) is 13.5 Å². The van der Waals surface area contributed by atoms with Crippen LogP contribution in [0.3, 0.4) is 0 Å². The maximum atomic E-state index is 11.4. The molecule has 0 radical (unpaired) electrons. The minimum absolute atomic E-state index is 0.362. The summed E-state index contributed by atoms with van der Waals surface area (Å²) in [5.74, 6) is 0.388. The number of hydrogen-bond acceptors (Lipinski definition) is 5. The second kappa shape index (κ2) is 11.4. The molecule has 0 saturated heterocycles. The summed E-state index contributed by atoms with van der Waals surface area (Å²) < 4.78 is 30.5. The summed E-state index contributed by atoms with van der Waals surface area (Å²) in [4.78, 5) is 0. The van der Waals surface area contributed by atoms with Crippen molar-refractivity contribution in [2.45, 2.75) is 64.5 Å². The van der Waals surface area contributed by atoms with Gasteiger partial charge in [-0.05, 0) is 30.5 Å². The predicted octanol–water partition coefficient (Wildman–Crippen LogP) is 3.44. The van der Waals surface area contributed by atoms with Gasteiger partial charge in [0.15, 0.2) is 0 Å². The van der Waals surface area contributed by atoms with E-state index in [0.717, 1.165) is 19.1 Å². The van der Waals surface area contributed by atoms with E-state index in [4.69, 9.17) is 4.74 Å². The monoisotopic (exact) mass is 386 g/mol. The molecule has 2 unspecified atom stereocenters. The van der Waals surface area contributed by atoms with Crippen LogP contribution in [0.1, 0.15) is 64.0 Å². The van der Waals surface area contributed by atoms with Crippen LogP contribution in [0.2, 0.25) is 0 Å². The van der Waals surface area contributed by atoms with E-state index in [1.54, 1.807) is 18.2 Å². The van der Waals surface area contributed by atoms with Crippen LogP contribution in [0, 0.1) is 0 Å². The van der Waals surface area contributed by atoms with Crippen LogP contribution < -0.4 is 14.8 Å². The molecule has 0 aliphatic rings. The van der Waals surface area contributed by atoms with Gasteiger partial charge < -0.3 is 15.2 Å². The SMILES string of the molecule is CCCCCCC(CC)NCC(O)c1ccc(NS(C)(=O)=O)c(OC)c1. The molecular formula is C19H34N2O4S. The van der Waals surface area contributed by atoms with Gasteiger partial charge >= 0.3 is 0 Å². The molecule has 0 saturated carbocycles. The van der Waals surface area contributed by atoms with Crippen LogP contribution in [-0.2, 0) is 10.0 Å². The van der Waals surface area contributed by atoms with Gasteiger partial charge in [-0.25, -0.2) is 8.42 Å². The number of sulfonamides is 1. The standard InChI is InChI=1S/C19H34N2O4S/c1-5-7-8-9-10-16(6-2)20-14-18(22)15-11-12-17(19(13-15)25-3)21-26(4,23)24/h11-13,16,18,20-22H,5-10,14H2,1-4H3. The maximum absolute atomic E-state index is 11.4. The lowest BCUT2D eigenvalue weighted by Gasteiger charge is -2.20. The fraction of sp³-hybridized carbons (Fsp3) is 0.684. The van der Waals surface area contributed by atoms with E-state index in [2.05, 4.69) is 23.9 Å². The van der Waals surface area contributed by atoms with E-state index < -0.39 is 16.1 Å². The number of anilines is 1. The Morgan fingerprint density at radius 2 is 1.92 bits per heavy atom. The lowest BCUT2D eigenvalue weighted by molar-refractivity contribution is 0.168. The number of unbranched alkanes of at least 4 members (excludes halogenated alkanes) is 3. The largest absolute Gasteiger partial charge is 0.495 e. The summed E-state index contributed by atoms with van der Waals surface area (Å²) in [6.07, 6.45) is 7.51. The Bertz CT molecular complexity index is 634. The summed E-state index contributed by atoms with van der Waals surface area (Å²) in [7, 11) is -1.91. The molecule has 26 heavy (non-hydrogen) atoms. The van der Waals surface area contributed by atoms with E-state index in [-0.39, 0.29) is 0 Å². The molecule has 3 N–H and O–H groups in total. The lowest BCUT2D eigenvalue weighted by atomic mass is 10.0. The molecule has 0 fully saturated rings. The highest BCUT2D eigenvalue weighted by atomic mass is 32.2. The number of nitrogens with one attached hydrogen (secondary N) is 2. The van der Waals surface area contributed by atoms with Crippen molar-refractivity contribution in [2.75, 3.05) is 24.6 Å². The van der Waals surface area contributed by atoms with Crippen molar-refractivity contribution in [3.05, 3.63) is 23.8 Å². The average Bonchev–Trinajstić information content (AvgIpc) is 2.60. The van der Waals surface area contributed by atoms with Crippen LogP contribution in [0.25, 0.3) is 0 Å². The average molecular weight is 387 g/mol. The van der Waals surface area contributed by atoms with Gasteiger partial charge in [0.05, 0.1) is 25.2 Å². The van der Waals surface area contributed by atoms with Crippen molar-refractivity contribution in [1.82, 2.24) is 5.32 Å². The zero-order valence-electron chi connectivity index (χ0n) is 16.4. The number of aliphatic hydroxyl groups is 1. The smallest absolute Gasteiger partial charge is 0.229 e. The lowest BCUT2D eigenvalue weighted by Crippen LogP contribution is -2.32. The Morgan fingerprint density at radius 3 is 2.50 bits per heavy atom. The molecule has 6 nitrogen and oxygen atoms in total. The minimum Gasteiger partial charge on any atom is -0.495 e. The highest BCUT2D eigenvalue weighted by Gasteiger charge is 2.15. The van der Waals surface area contributed by atoms with Crippen LogP contribution in [0.5, 0.6) is 5.75 Å². The Hall–Kier alpha value is -1.31. The van der Waals surface area contributed by atoms with Crippen LogP contribution in [0.15, 0.2) is 18.2 Å². The third-order valence-electron chi connectivity index (χ3n) is 4.40. The molecule has 150 valence electrons. The van der Waals surface area contributed by atoms with E-state index in [1.807, 2.05) is 0 Å². The predicted molar refractivity (Wildman–Crippen MR) is 107 cm³/mol. The fourth-order valence-corrected chi connectivity index (χ4v) is 3.43. The van der Waals surface area contributed by atoms with Crippen molar-refractivity contribution in [3.63, 3.8) is 0 Å². The molecule has 0 heterocycles. The number of ether oxygens (including phenoxy) is 1. The third kappa shape index (κ3) is 8.38. The number of aliphatic hydroxyl groups excluding tert-OH is 1. The van der Waals surface area contributed by atoms with E-state index >= 15 is 0 Å².